The van der Waals surface area contributed by atoms with Crippen LogP contribution < -0.4 is 10.1 Å². The molecule has 2 aromatic rings. The first-order valence-corrected chi connectivity index (χ1v) is 7.34. The van der Waals surface area contributed by atoms with Crippen LogP contribution in [0.5, 0.6) is 5.75 Å². The normalized spacial score (nSPS) is 11.6. The summed E-state index contributed by atoms with van der Waals surface area (Å²) in [7, 11) is 0. The van der Waals surface area contributed by atoms with Crippen molar-refractivity contribution in [3.05, 3.63) is 65.7 Å². The number of nitrogens with zero attached hydrogens (tertiary/aromatic N) is 1. The molecule has 114 valence electrons. The molecule has 2 rings (SSSR count). The standard InChI is InChI=1S/C18H20N2O2/c19-13-18(20-10-5-11-21)16-8-4-9-17(12-16)22-14-15-6-2-1-3-7-15/h1-4,6-9,12,18,20-21H,5,10-11,14H2. The van der Waals surface area contributed by atoms with Gasteiger partial charge in [-0.1, -0.05) is 42.5 Å². The van der Waals surface area contributed by atoms with Crippen LogP contribution >= 0.6 is 0 Å². The molecule has 0 aliphatic carbocycles. The summed E-state index contributed by atoms with van der Waals surface area (Å²) in [6.45, 7) is 1.22. The van der Waals surface area contributed by atoms with Crippen LogP contribution in [0.25, 0.3) is 0 Å². The van der Waals surface area contributed by atoms with Crippen LogP contribution in [0.2, 0.25) is 0 Å². The van der Waals surface area contributed by atoms with E-state index in [1.165, 1.54) is 0 Å². The van der Waals surface area contributed by atoms with Crippen molar-refractivity contribution in [2.75, 3.05) is 13.2 Å². The number of aliphatic hydroxyl groups excluding tert-OH is 1. The quantitative estimate of drug-likeness (QED) is 0.735. The number of benzene rings is 2. The van der Waals surface area contributed by atoms with Gasteiger partial charge < -0.3 is 9.84 Å². The maximum Gasteiger partial charge on any atom is 0.121 e. The van der Waals surface area contributed by atoms with Gasteiger partial charge in [0.2, 0.25) is 0 Å². The van der Waals surface area contributed by atoms with Crippen LogP contribution in [0.15, 0.2) is 54.6 Å². The van der Waals surface area contributed by atoms with Gasteiger partial charge in [0.25, 0.3) is 0 Å². The Kier molecular flexibility index (Phi) is 6.43. The van der Waals surface area contributed by atoms with E-state index in [-0.39, 0.29) is 6.61 Å². The fourth-order valence-corrected chi connectivity index (χ4v) is 2.09. The van der Waals surface area contributed by atoms with E-state index in [1.54, 1.807) is 0 Å². The second kappa shape index (κ2) is 8.83. The van der Waals surface area contributed by atoms with Gasteiger partial charge in [0.05, 0.1) is 6.07 Å². The zero-order chi connectivity index (χ0) is 15.6. The predicted molar refractivity (Wildman–Crippen MR) is 85.3 cm³/mol. The van der Waals surface area contributed by atoms with Gasteiger partial charge in [0, 0.05) is 6.61 Å². The van der Waals surface area contributed by atoms with Gasteiger partial charge in [0.1, 0.15) is 18.4 Å². The number of ether oxygens (including phenoxy) is 1. The van der Waals surface area contributed by atoms with E-state index in [4.69, 9.17) is 9.84 Å². The molecule has 22 heavy (non-hydrogen) atoms. The molecule has 4 nitrogen and oxygen atoms in total. The van der Waals surface area contributed by atoms with Gasteiger partial charge in [-0.3, -0.25) is 5.32 Å². The van der Waals surface area contributed by atoms with Gasteiger partial charge in [-0.15, -0.1) is 0 Å². The Balaban J connectivity index is 1.98. The number of aliphatic hydroxyl groups is 1. The lowest BCUT2D eigenvalue weighted by atomic mass is 10.1. The maximum absolute atomic E-state index is 9.26. The van der Waals surface area contributed by atoms with Crippen molar-refractivity contribution in [2.24, 2.45) is 0 Å². The summed E-state index contributed by atoms with van der Waals surface area (Å²) in [6.07, 6.45) is 0.627. The molecular weight excluding hydrogens is 276 g/mol. The molecule has 0 aromatic heterocycles. The average Bonchev–Trinajstić information content (AvgIpc) is 2.58. The van der Waals surface area contributed by atoms with Gasteiger partial charge in [-0.05, 0) is 36.2 Å². The highest BCUT2D eigenvalue weighted by atomic mass is 16.5. The van der Waals surface area contributed by atoms with Gasteiger partial charge in [-0.25, -0.2) is 0 Å². The Hall–Kier alpha value is -2.35. The Labute approximate surface area is 131 Å². The molecule has 1 atom stereocenters. The second-order valence-electron chi connectivity index (χ2n) is 4.94. The SMILES string of the molecule is N#CC(NCCCO)c1cccc(OCc2ccccc2)c1. The smallest absolute Gasteiger partial charge is 0.121 e. The van der Waals surface area contributed by atoms with Crippen molar-refractivity contribution in [3.63, 3.8) is 0 Å². The highest BCUT2D eigenvalue weighted by molar-refractivity contribution is 5.33. The monoisotopic (exact) mass is 296 g/mol. The topological polar surface area (TPSA) is 65.3 Å². The third-order valence-electron chi connectivity index (χ3n) is 3.25. The molecule has 0 aliphatic rings. The second-order valence-corrected chi connectivity index (χ2v) is 4.94. The van der Waals surface area contributed by atoms with Gasteiger partial charge in [-0.2, -0.15) is 5.26 Å². The molecule has 0 amide bonds. The van der Waals surface area contributed by atoms with E-state index in [0.717, 1.165) is 16.9 Å². The van der Waals surface area contributed by atoms with Crippen molar-refractivity contribution in [1.82, 2.24) is 5.32 Å². The predicted octanol–water partition coefficient (Wildman–Crippen LogP) is 2.80. The Morgan fingerprint density at radius 2 is 1.95 bits per heavy atom. The molecular formula is C18H20N2O2. The van der Waals surface area contributed by atoms with Crippen molar-refractivity contribution < 1.29 is 9.84 Å². The van der Waals surface area contributed by atoms with Crippen LogP contribution in [0.1, 0.15) is 23.6 Å². The Morgan fingerprint density at radius 3 is 2.68 bits per heavy atom. The maximum atomic E-state index is 9.26. The highest BCUT2D eigenvalue weighted by Crippen LogP contribution is 2.20. The summed E-state index contributed by atoms with van der Waals surface area (Å²) in [6, 6.07) is 19.3. The van der Waals surface area contributed by atoms with Crippen molar-refractivity contribution >= 4 is 0 Å². The summed E-state index contributed by atoms with van der Waals surface area (Å²) in [5, 5.41) is 21.2. The Morgan fingerprint density at radius 1 is 1.14 bits per heavy atom. The van der Waals surface area contributed by atoms with E-state index in [9.17, 15) is 5.26 Å². The molecule has 0 heterocycles. The molecule has 4 heteroatoms. The van der Waals surface area contributed by atoms with Crippen LogP contribution in [0.3, 0.4) is 0 Å². The lowest BCUT2D eigenvalue weighted by Crippen LogP contribution is -2.21. The number of nitriles is 1. The molecule has 2 N–H and O–H groups in total. The molecule has 0 saturated heterocycles. The molecule has 0 aliphatic heterocycles. The van der Waals surface area contributed by atoms with Crippen molar-refractivity contribution in [3.8, 4) is 11.8 Å². The molecule has 2 aromatic carbocycles. The van der Waals surface area contributed by atoms with Crippen molar-refractivity contribution in [2.45, 2.75) is 19.1 Å². The molecule has 1 unspecified atom stereocenters. The minimum absolute atomic E-state index is 0.116. The van der Waals surface area contributed by atoms with Crippen molar-refractivity contribution in [1.29, 1.82) is 5.26 Å². The minimum atomic E-state index is -0.396. The summed E-state index contributed by atoms with van der Waals surface area (Å²) in [4.78, 5) is 0. The first-order valence-electron chi connectivity index (χ1n) is 7.34. The zero-order valence-electron chi connectivity index (χ0n) is 12.4. The molecule has 0 radical (unpaired) electrons. The zero-order valence-corrected chi connectivity index (χ0v) is 12.4. The average molecular weight is 296 g/mol. The lowest BCUT2D eigenvalue weighted by molar-refractivity contribution is 0.285. The third-order valence-corrected chi connectivity index (χ3v) is 3.25. The van der Waals surface area contributed by atoms with E-state index in [0.29, 0.717) is 19.6 Å². The Bertz CT molecular complexity index is 608. The van der Waals surface area contributed by atoms with E-state index >= 15 is 0 Å². The number of nitrogens with one attached hydrogen (secondary N) is 1. The van der Waals surface area contributed by atoms with E-state index < -0.39 is 6.04 Å². The lowest BCUT2D eigenvalue weighted by Gasteiger charge is -2.13. The van der Waals surface area contributed by atoms with Crippen LogP contribution in [-0.4, -0.2) is 18.3 Å². The summed E-state index contributed by atoms with van der Waals surface area (Å²) in [5.74, 6) is 0.741. The summed E-state index contributed by atoms with van der Waals surface area (Å²) in [5.41, 5.74) is 1.97. The summed E-state index contributed by atoms with van der Waals surface area (Å²) < 4.78 is 5.78. The minimum Gasteiger partial charge on any atom is -0.489 e. The van der Waals surface area contributed by atoms with E-state index in [2.05, 4.69) is 11.4 Å². The first-order chi connectivity index (χ1) is 10.8. The largest absolute Gasteiger partial charge is 0.489 e. The van der Waals surface area contributed by atoms with Gasteiger partial charge >= 0.3 is 0 Å². The van der Waals surface area contributed by atoms with Crippen LogP contribution in [-0.2, 0) is 6.61 Å². The fourth-order valence-electron chi connectivity index (χ4n) is 2.09. The number of hydrogen-bond acceptors (Lipinski definition) is 4. The van der Waals surface area contributed by atoms with Crippen LogP contribution in [0.4, 0.5) is 0 Å². The third kappa shape index (κ3) is 4.88. The molecule has 0 saturated carbocycles. The molecule has 0 fully saturated rings. The van der Waals surface area contributed by atoms with Gasteiger partial charge in [0.15, 0.2) is 0 Å². The number of rotatable bonds is 8. The molecule has 0 spiro atoms. The fraction of sp³-hybridized carbons (Fsp3) is 0.278. The first kappa shape index (κ1) is 16.0. The van der Waals surface area contributed by atoms with Crippen LogP contribution in [0, 0.1) is 11.3 Å². The highest BCUT2D eigenvalue weighted by Gasteiger charge is 2.10. The molecule has 0 bridgehead atoms. The summed E-state index contributed by atoms with van der Waals surface area (Å²) >= 11 is 0. The number of hydrogen-bond donors (Lipinski definition) is 2. The van der Waals surface area contributed by atoms with E-state index in [1.807, 2.05) is 54.6 Å².